The van der Waals surface area contributed by atoms with E-state index < -0.39 is 0 Å². The number of nitrogens with one attached hydrogen (secondary N) is 2. The average Bonchev–Trinajstić information content (AvgIpc) is 2.47. The zero-order chi connectivity index (χ0) is 18.6. The fourth-order valence-corrected chi connectivity index (χ4v) is 3.16. The zero-order valence-corrected chi connectivity index (χ0v) is 17.3. The van der Waals surface area contributed by atoms with Crippen LogP contribution in [0.15, 0.2) is 40.9 Å². The van der Waals surface area contributed by atoms with Crippen LogP contribution in [0.5, 0.6) is 5.75 Å². The minimum atomic E-state index is -0.345. The Labute approximate surface area is 170 Å². The van der Waals surface area contributed by atoms with Gasteiger partial charge in [-0.25, -0.2) is 0 Å². The van der Waals surface area contributed by atoms with Crippen LogP contribution in [0.1, 0.15) is 24.2 Å². The number of amides is 1. The van der Waals surface area contributed by atoms with E-state index in [1.54, 1.807) is 36.4 Å². The number of thiocarbonyl (C=S) groups is 1. The summed E-state index contributed by atoms with van der Waals surface area (Å²) in [5.74, 6) is 0.322. The van der Waals surface area contributed by atoms with Gasteiger partial charge in [-0.2, -0.15) is 0 Å². The van der Waals surface area contributed by atoms with Gasteiger partial charge in [0.2, 0.25) is 0 Å². The molecule has 0 heterocycles. The molecule has 8 heteroatoms. The molecule has 0 bridgehead atoms. The molecule has 2 aromatic carbocycles. The van der Waals surface area contributed by atoms with Gasteiger partial charge in [0, 0.05) is 21.3 Å². The van der Waals surface area contributed by atoms with Crippen molar-refractivity contribution in [2.45, 2.75) is 20.0 Å². The van der Waals surface area contributed by atoms with Gasteiger partial charge in [0.05, 0.1) is 10.6 Å². The number of carbonyl (C=O) groups excluding carboxylic acids is 1. The Morgan fingerprint density at radius 2 is 1.80 bits per heavy atom. The van der Waals surface area contributed by atoms with Gasteiger partial charge < -0.3 is 10.1 Å². The molecule has 25 heavy (non-hydrogen) atoms. The molecule has 132 valence electrons. The van der Waals surface area contributed by atoms with Crippen molar-refractivity contribution < 1.29 is 9.53 Å². The third-order valence-electron chi connectivity index (χ3n) is 2.90. The van der Waals surface area contributed by atoms with Gasteiger partial charge in [-0.15, -0.1) is 0 Å². The molecule has 0 aromatic heterocycles. The van der Waals surface area contributed by atoms with Gasteiger partial charge in [-0.1, -0.05) is 23.2 Å². The van der Waals surface area contributed by atoms with E-state index >= 15 is 0 Å². The molecule has 2 rings (SSSR count). The monoisotopic (exact) mass is 460 g/mol. The maximum absolute atomic E-state index is 12.3. The number of carbonyl (C=O) groups is 1. The largest absolute Gasteiger partial charge is 0.490 e. The lowest BCUT2D eigenvalue weighted by molar-refractivity contribution is 0.0977. The zero-order valence-electron chi connectivity index (χ0n) is 13.4. The van der Waals surface area contributed by atoms with E-state index in [0.717, 1.165) is 0 Å². The SMILES string of the molecule is CC(C)Oc1ccc(C(=O)NC(=S)Nc2cc(Cl)cc(Cl)c2)cc1Br. The summed E-state index contributed by atoms with van der Waals surface area (Å²) in [4.78, 5) is 12.3. The van der Waals surface area contributed by atoms with Crippen molar-refractivity contribution in [2.24, 2.45) is 0 Å². The van der Waals surface area contributed by atoms with Gasteiger partial charge in [0.25, 0.3) is 5.91 Å². The van der Waals surface area contributed by atoms with Crippen molar-refractivity contribution in [3.8, 4) is 5.75 Å². The number of anilines is 1. The van der Waals surface area contributed by atoms with Crippen molar-refractivity contribution in [3.63, 3.8) is 0 Å². The molecule has 0 spiro atoms. The summed E-state index contributed by atoms with van der Waals surface area (Å²) < 4.78 is 6.31. The average molecular weight is 462 g/mol. The molecule has 0 saturated carbocycles. The first-order valence-corrected chi connectivity index (χ1v) is 9.25. The minimum Gasteiger partial charge on any atom is -0.490 e. The van der Waals surface area contributed by atoms with Crippen molar-refractivity contribution >= 4 is 68.1 Å². The van der Waals surface area contributed by atoms with E-state index in [9.17, 15) is 4.79 Å². The number of halogens is 3. The van der Waals surface area contributed by atoms with E-state index in [2.05, 4.69) is 26.6 Å². The summed E-state index contributed by atoms with van der Waals surface area (Å²) in [7, 11) is 0. The van der Waals surface area contributed by atoms with Gasteiger partial charge in [0.15, 0.2) is 5.11 Å². The first-order valence-electron chi connectivity index (χ1n) is 7.29. The van der Waals surface area contributed by atoms with Crippen LogP contribution in [0.25, 0.3) is 0 Å². The quantitative estimate of drug-likeness (QED) is 0.576. The molecule has 2 N–H and O–H groups in total. The summed E-state index contributed by atoms with van der Waals surface area (Å²) >= 11 is 20.4. The first kappa shape index (κ1) is 20.0. The van der Waals surface area contributed by atoms with Crippen molar-refractivity contribution in [1.82, 2.24) is 5.32 Å². The summed E-state index contributed by atoms with van der Waals surface area (Å²) in [6.07, 6.45) is 0.0391. The predicted molar refractivity (Wildman–Crippen MR) is 110 cm³/mol. The van der Waals surface area contributed by atoms with Crippen molar-refractivity contribution in [1.29, 1.82) is 0 Å². The van der Waals surface area contributed by atoms with E-state index in [1.807, 2.05) is 13.8 Å². The normalized spacial score (nSPS) is 10.5. The molecule has 0 radical (unpaired) electrons. The number of rotatable bonds is 4. The molecule has 0 saturated heterocycles. The summed E-state index contributed by atoms with van der Waals surface area (Å²) in [6, 6.07) is 9.98. The number of hydrogen-bond donors (Lipinski definition) is 2. The highest BCUT2D eigenvalue weighted by molar-refractivity contribution is 9.10. The third-order valence-corrected chi connectivity index (χ3v) is 4.16. The van der Waals surface area contributed by atoms with Crippen LogP contribution in [0.4, 0.5) is 5.69 Å². The summed E-state index contributed by atoms with van der Waals surface area (Å²) in [5.41, 5.74) is 1.03. The molecular weight excluding hydrogens is 447 g/mol. The van der Waals surface area contributed by atoms with Gasteiger partial charge in [-0.05, 0) is 78.4 Å². The van der Waals surface area contributed by atoms with Crippen LogP contribution in [-0.2, 0) is 0 Å². The van der Waals surface area contributed by atoms with Crippen LogP contribution in [-0.4, -0.2) is 17.1 Å². The predicted octanol–water partition coefficient (Wildman–Crippen LogP) is 5.67. The molecule has 0 aliphatic carbocycles. The second-order valence-electron chi connectivity index (χ2n) is 5.38. The minimum absolute atomic E-state index is 0.0391. The smallest absolute Gasteiger partial charge is 0.257 e. The topological polar surface area (TPSA) is 50.4 Å². The van der Waals surface area contributed by atoms with Crippen LogP contribution in [0.3, 0.4) is 0 Å². The Morgan fingerprint density at radius 3 is 2.36 bits per heavy atom. The molecule has 1 amide bonds. The van der Waals surface area contributed by atoms with Crippen molar-refractivity contribution in [3.05, 3.63) is 56.5 Å². The first-order chi connectivity index (χ1) is 11.7. The van der Waals surface area contributed by atoms with E-state index in [-0.39, 0.29) is 17.1 Å². The fraction of sp³-hybridized carbons (Fsp3) is 0.176. The summed E-state index contributed by atoms with van der Waals surface area (Å²) in [6.45, 7) is 3.86. The molecule has 0 atom stereocenters. The van der Waals surface area contributed by atoms with Crippen LogP contribution in [0, 0.1) is 0 Å². The van der Waals surface area contributed by atoms with Crippen LogP contribution in [0.2, 0.25) is 10.0 Å². The van der Waals surface area contributed by atoms with Gasteiger partial charge in [0.1, 0.15) is 5.75 Å². The molecule has 0 fully saturated rings. The van der Waals surface area contributed by atoms with Crippen LogP contribution < -0.4 is 15.4 Å². The Morgan fingerprint density at radius 1 is 1.16 bits per heavy atom. The molecule has 0 unspecified atom stereocenters. The molecule has 0 aliphatic rings. The third kappa shape index (κ3) is 6.15. The van der Waals surface area contributed by atoms with E-state index in [4.69, 9.17) is 40.2 Å². The second kappa shape index (κ2) is 8.85. The Kier molecular flexibility index (Phi) is 7.07. The molecular formula is C17H15BrCl2N2O2S. The molecule has 0 aliphatic heterocycles. The Balaban J connectivity index is 2.03. The number of hydrogen-bond acceptors (Lipinski definition) is 3. The lowest BCUT2D eigenvalue weighted by atomic mass is 10.2. The van der Waals surface area contributed by atoms with Crippen LogP contribution >= 0.6 is 51.3 Å². The maximum Gasteiger partial charge on any atom is 0.257 e. The number of ether oxygens (including phenoxy) is 1. The highest BCUT2D eigenvalue weighted by Gasteiger charge is 2.12. The Hall–Kier alpha value is -1.34. The lowest BCUT2D eigenvalue weighted by Crippen LogP contribution is -2.34. The second-order valence-corrected chi connectivity index (χ2v) is 7.51. The fourth-order valence-electron chi connectivity index (χ4n) is 1.96. The lowest BCUT2D eigenvalue weighted by Gasteiger charge is -2.13. The number of benzene rings is 2. The summed E-state index contributed by atoms with van der Waals surface area (Å²) in [5, 5.41) is 6.55. The standard InChI is InChI=1S/C17H15BrCl2N2O2S/c1-9(2)24-15-4-3-10(5-14(15)18)16(23)22-17(25)21-13-7-11(19)6-12(20)8-13/h3-9H,1-2H3,(H2,21,22,23,25). The highest BCUT2D eigenvalue weighted by Crippen LogP contribution is 2.27. The molecule has 4 nitrogen and oxygen atoms in total. The Bertz CT molecular complexity index is 795. The highest BCUT2D eigenvalue weighted by atomic mass is 79.9. The molecule has 2 aromatic rings. The van der Waals surface area contributed by atoms with Crippen molar-refractivity contribution in [2.75, 3.05) is 5.32 Å². The van der Waals surface area contributed by atoms with E-state index in [1.165, 1.54) is 0 Å². The van der Waals surface area contributed by atoms with Gasteiger partial charge in [-0.3, -0.25) is 10.1 Å². The van der Waals surface area contributed by atoms with E-state index in [0.29, 0.717) is 31.5 Å². The maximum atomic E-state index is 12.3. The van der Waals surface area contributed by atoms with Gasteiger partial charge >= 0.3 is 0 Å².